The summed E-state index contributed by atoms with van der Waals surface area (Å²) in [4.78, 5) is 10.9. The highest BCUT2D eigenvalue weighted by molar-refractivity contribution is 9.10. The number of rotatable bonds is 3. The maximum absolute atomic E-state index is 13.2. The van der Waals surface area contributed by atoms with Crippen LogP contribution in [-0.2, 0) is 11.2 Å². The molecule has 0 aliphatic heterocycles. The van der Waals surface area contributed by atoms with Crippen LogP contribution in [-0.4, -0.2) is 11.1 Å². The zero-order valence-corrected chi connectivity index (χ0v) is 10.4. The Morgan fingerprint density at radius 3 is 2.50 bits per heavy atom. The van der Waals surface area contributed by atoms with Crippen LogP contribution in [0.2, 0.25) is 0 Å². The van der Waals surface area contributed by atoms with Crippen molar-refractivity contribution in [3.8, 4) is 0 Å². The quantitative estimate of drug-likeness (QED) is 0.867. The Bertz CT molecular complexity index is 430. The molecule has 0 spiro atoms. The van der Waals surface area contributed by atoms with Crippen molar-refractivity contribution in [1.29, 1.82) is 0 Å². The van der Waals surface area contributed by atoms with E-state index in [1.54, 1.807) is 0 Å². The minimum atomic E-state index is -1.07. The Hall–Kier alpha value is -0.970. The smallest absolute Gasteiger partial charge is 0.309 e. The summed E-state index contributed by atoms with van der Waals surface area (Å²) in [7, 11) is 0. The molecule has 0 atom stereocenters. The molecule has 0 bridgehead atoms. The maximum atomic E-state index is 13.2. The number of halogens is 3. The zero-order chi connectivity index (χ0) is 12.5. The molecule has 1 rings (SSSR count). The van der Waals surface area contributed by atoms with Gasteiger partial charge in [-0.3, -0.25) is 4.79 Å². The van der Waals surface area contributed by atoms with Crippen molar-refractivity contribution in [1.82, 2.24) is 0 Å². The molecule has 2 nitrogen and oxygen atoms in total. The molecule has 5 heteroatoms. The first-order chi connectivity index (χ1) is 7.24. The Morgan fingerprint density at radius 1 is 1.44 bits per heavy atom. The van der Waals surface area contributed by atoms with E-state index in [-0.39, 0.29) is 10.9 Å². The fraction of sp³-hybridized carbons (Fsp3) is 0.364. The molecule has 0 saturated heterocycles. The predicted molar refractivity (Wildman–Crippen MR) is 59.2 cm³/mol. The number of carboxylic acid groups (broad SMARTS) is 1. The molecule has 0 saturated carbocycles. The number of hydrogen-bond acceptors (Lipinski definition) is 1. The number of hydrogen-bond donors (Lipinski definition) is 1. The van der Waals surface area contributed by atoms with E-state index < -0.39 is 23.0 Å². The van der Waals surface area contributed by atoms with Crippen LogP contribution < -0.4 is 0 Å². The van der Waals surface area contributed by atoms with Gasteiger partial charge in [0.25, 0.3) is 0 Å². The summed E-state index contributed by atoms with van der Waals surface area (Å²) in [6.45, 7) is 3.01. The van der Waals surface area contributed by atoms with Gasteiger partial charge in [0.05, 0.1) is 9.89 Å². The third kappa shape index (κ3) is 2.78. The fourth-order valence-corrected chi connectivity index (χ4v) is 1.66. The lowest BCUT2D eigenvalue weighted by Crippen LogP contribution is -2.26. The molecule has 1 aromatic rings. The lowest BCUT2D eigenvalue weighted by molar-refractivity contribution is -0.146. The van der Waals surface area contributed by atoms with E-state index in [0.29, 0.717) is 5.56 Å². The molecular weight excluding hydrogens is 282 g/mol. The second-order valence-corrected chi connectivity index (χ2v) is 5.02. The SMILES string of the molecule is CC(C)(Cc1cc(F)cc(F)c1Br)C(=O)O. The second-order valence-electron chi connectivity index (χ2n) is 4.23. The molecule has 0 unspecified atom stereocenters. The highest BCUT2D eigenvalue weighted by Gasteiger charge is 2.28. The second kappa shape index (κ2) is 4.49. The molecule has 0 aromatic heterocycles. The van der Waals surface area contributed by atoms with Crippen molar-refractivity contribution in [3.05, 3.63) is 33.8 Å². The van der Waals surface area contributed by atoms with Gasteiger partial charge in [-0.05, 0) is 47.8 Å². The van der Waals surface area contributed by atoms with Crippen LogP contribution in [0.15, 0.2) is 16.6 Å². The van der Waals surface area contributed by atoms with Crippen molar-refractivity contribution in [2.75, 3.05) is 0 Å². The minimum Gasteiger partial charge on any atom is -0.481 e. The van der Waals surface area contributed by atoms with E-state index >= 15 is 0 Å². The molecular formula is C11H11BrF2O2. The summed E-state index contributed by atoms with van der Waals surface area (Å²) in [5, 5.41) is 8.93. The first-order valence-electron chi connectivity index (χ1n) is 4.61. The number of carbonyl (C=O) groups is 1. The summed E-state index contributed by atoms with van der Waals surface area (Å²) in [6, 6.07) is 1.89. The summed E-state index contributed by atoms with van der Waals surface area (Å²) in [6.07, 6.45) is 0.0532. The van der Waals surface area contributed by atoms with E-state index in [0.717, 1.165) is 12.1 Å². The molecule has 0 heterocycles. The third-order valence-electron chi connectivity index (χ3n) is 2.28. The van der Waals surface area contributed by atoms with Gasteiger partial charge < -0.3 is 5.11 Å². The van der Waals surface area contributed by atoms with Crippen LogP contribution in [0.1, 0.15) is 19.4 Å². The number of aliphatic carboxylic acids is 1. The molecule has 0 aliphatic rings. The number of benzene rings is 1. The molecule has 16 heavy (non-hydrogen) atoms. The van der Waals surface area contributed by atoms with Crippen molar-refractivity contribution < 1.29 is 18.7 Å². The summed E-state index contributed by atoms with van der Waals surface area (Å²) in [5.41, 5.74) is -0.757. The first-order valence-corrected chi connectivity index (χ1v) is 5.40. The molecule has 0 aliphatic carbocycles. The van der Waals surface area contributed by atoms with Gasteiger partial charge in [0.15, 0.2) is 0 Å². The topological polar surface area (TPSA) is 37.3 Å². The average molecular weight is 293 g/mol. The Morgan fingerprint density at radius 2 is 2.00 bits per heavy atom. The lowest BCUT2D eigenvalue weighted by Gasteiger charge is -2.19. The van der Waals surface area contributed by atoms with E-state index in [9.17, 15) is 13.6 Å². The molecule has 0 radical (unpaired) electrons. The highest BCUT2D eigenvalue weighted by Crippen LogP contribution is 2.29. The normalized spacial score (nSPS) is 11.6. The van der Waals surface area contributed by atoms with Crippen LogP contribution in [0.3, 0.4) is 0 Å². The number of carboxylic acids is 1. The zero-order valence-electron chi connectivity index (χ0n) is 8.85. The predicted octanol–water partition coefficient (Wildman–Crippen LogP) is 3.38. The van der Waals surface area contributed by atoms with Crippen LogP contribution in [0.5, 0.6) is 0 Å². The van der Waals surface area contributed by atoms with Crippen LogP contribution in [0, 0.1) is 17.0 Å². The van der Waals surface area contributed by atoms with Gasteiger partial charge in [0.1, 0.15) is 11.6 Å². The molecule has 1 N–H and O–H groups in total. The summed E-state index contributed by atoms with van der Waals surface area (Å²) in [5.74, 6) is -2.45. The van der Waals surface area contributed by atoms with Crippen LogP contribution >= 0.6 is 15.9 Å². The van der Waals surface area contributed by atoms with Crippen LogP contribution in [0.25, 0.3) is 0 Å². The highest BCUT2D eigenvalue weighted by atomic mass is 79.9. The van der Waals surface area contributed by atoms with E-state index in [4.69, 9.17) is 5.11 Å². The minimum absolute atomic E-state index is 0.0532. The summed E-state index contributed by atoms with van der Waals surface area (Å²) < 4.78 is 26.3. The van der Waals surface area contributed by atoms with Crippen molar-refractivity contribution >= 4 is 21.9 Å². The molecule has 1 aromatic carbocycles. The Balaban J connectivity index is 3.11. The monoisotopic (exact) mass is 292 g/mol. The average Bonchev–Trinajstić information content (AvgIpc) is 2.12. The largest absolute Gasteiger partial charge is 0.481 e. The van der Waals surface area contributed by atoms with Gasteiger partial charge in [0.2, 0.25) is 0 Å². The Labute approximate surface area is 100 Å². The van der Waals surface area contributed by atoms with Crippen molar-refractivity contribution in [2.45, 2.75) is 20.3 Å². The summed E-state index contributed by atoms with van der Waals surface area (Å²) >= 11 is 2.98. The van der Waals surface area contributed by atoms with E-state index in [1.165, 1.54) is 13.8 Å². The van der Waals surface area contributed by atoms with E-state index in [1.807, 2.05) is 0 Å². The van der Waals surface area contributed by atoms with Crippen LogP contribution in [0.4, 0.5) is 8.78 Å². The van der Waals surface area contributed by atoms with Crippen molar-refractivity contribution in [2.24, 2.45) is 5.41 Å². The first kappa shape index (κ1) is 13.1. The Kier molecular flexibility index (Phi) is 3.68. The fourth-order valence-electron chi connectivity index (χ4n) is 1.29. The van der Waals surface area contributed by atoms with Gasteiger partial charge in [-0.2, -0.15) is 0 Å². The standard InChI is InChI=1S/C11H11BrF2O2/c1-11(2,10(15)16)5-6-3-7(13)4-8(14)9(6)12/h3-4H,5H2,1-2H3,(H,15,16). The molecule has 0 amide bonds. The lowest BCUT2D eigenvalue weighted by atomic mass is 9.86. The maximum Gasteiger partial charge on any atom is 0.309 e. The van der Waals surface area contributed by atoms with Gasteiger partial charge in [-0.1, -0.05) is 0 Å². The van der Waals surface area contributed by atoms with Gasteiger partial charge in [-0.15, -0.1) is 0 Å². The molecule has 0 fully saturated rings. The van der Waals surface area contributed by atoms with E-state index in [2.05, 4.69) is 15.9 Å². The van der Waals surface area contributed by atoms with Gasteiger partial charge in [-0.25, -0.2) is 8.78 Å². The van der Waals surface area contributed by atoms with Gasteiger partial charge in [0, 0.05) is 6.07 Å². The third-order valence-corrected chi connectivity index (χ3v) is 3.17. The van der Waals surface area contributed by atoms with Gasteiger partial charge >= 0.3 is 5.97 Å². The molecule has 88 valence electrons. The van der Waals surface area contributed by atoms with Crippen molar-refractivity contribution in [3.63, 3.8) is 0 Å².